The summed E-state index contributed by atoms with van der Waals surface area (Å²) in [5.74, 6) is 5.21. The van der Waals surface area contributed by atoms with E-state index in [0.717, 1.165) is 11.1 Å². The van der Waals surface area contributed by atoms with Gasteiger partial charge in [-0.3, -0.25) is 0 Å². The number of nitrogens with two attached hydrogens (primary N) is 1. The van der Waals surface area contributed by atoms with Crippen LogP contribution in [0.3, 0.4) is 0 Å². The van der Waals surface area contributed by atoms with Crippen molar-refractivity contribution in [3.8, 4) is 0 Å². The van der Waals surface area contributed by atoms with Gasteiger partial charge in [-0.05, 0) is 11.6 Å². The Hall–Kier alpha value is -1.53. The molecule has 74 valence electrons. The number of aromatic amines is 1. The molecule has 0 fully saturated rings. The van der Waals surface area contributed by atoms with E-state index in [0.29, 0.717) is 12.3 Å². The number of nitrogens with zero attached hydrogens (tertiary/aromatic N) is 3. The van der Waals surface area contributed by atoms with Crippen molar-refractivity contribution >= 4 is 11.2 Å². The van der Waals surface area contributed by atoms with E-state index in [1.165, 1.54) is 0 Å². The van der Waals surface area contributed by atoms with E-state index < -0.39 is 0 Å². The van der Waals surface area contributed by atoms with E-state index in [-0.39, 0.29) is 5.92 Å². The van der Waals surface area contributed by atoms with Crippen molar-refractivity contribution in [2.45, 2.75) is 12.8 Å². The zero-order valence-electron chi connectivity index (χ0n) is 7.77. The predicted octanol–water partition coefficient (Wildman–Crippen LogP) is 0.347. The highest BCUT2D eigenvalue weighted by molar-refractivity contribution is 5.69. The number of aromatic nitrogens is 4. The van der Waals surface area contributed by atoms with Crippen LogP contribution >= 0.6 is 0 Å². The van der Waals surface area contributed by atoms with Gasteiger partial charge in [-0.25, -0.2) is 10.9 Å². The molecule has 0 aliphatic heterocycles. The molecule has 0 spiro atoms. The van der Waals surface area contributed by atoms with E-state index in [2.05, 4.69) is 25.2 Å². The number of hydrogen-bond donors (Lipinski definition) is 2. The maximum atomic E-state index is 5.00. The van der Waals surface area contributed by atoms with Crippen LogP contribution in [0.1, 0.15) is 18.4 Å². The van der Waals surface area contributed by atoms with Gasteiger partial charge in [0.15, 0.2) is 0 Å². The summed E-state index contributed by atoms with van der Waals surface area (Å²) in [5.41, 5.74) is 2.41. The van der Waals surface area contributed by atoms with Crippen molar-refractivity contribution in [3.05, 3.63) is 17.8 Å². The number of H-pyrrole nitrogens is 1. The number of rotatable bonds is 3. The van der Waals surface area contributed by atoms with E-state index >= 15 is 0 Å². The number of pyridine rings is 1. The maximum absolute atomic E-state index is 5.00. The van der Waals surface area contributed by atoms with Crippen molar-refractivity contribution in [1.29, 1.82) is 0 Å². The van der Waals surface area contributed by atoms with Crippen molar-refractivity contribution in [2.24, 2.45) is 5.90 Å². The van der Waals surface area contributed by atoms with Gasteiger partial charge in [0, 0.05) is 12.1 Å². The highest BCUT2D eigenvalue weighted by Gasteiger charge is 2.08. The fourth-order valence-corrected chi connectivity index (χ4v) is 1.27. The maximum Gasteiger partial charge on any atom is 0.201 e. The van der Waals surface area contributed by atoms with Crippen molar-refractivity contribution < 1.29 is 4.84 Å². The summed E-state index contributed by atoms with van der Waals surface area (Å²) in [4.78, 5) is 8.72. The Morgan fingerprint density at radius 1 is 1.57 bits per heavy atom. The first-order valence-electron chi connectivity index (χ1n) is 4.29. The van der Waals surface area contributed by atoms with Crippen molar-refractivity contribution in [3.63, 3.8) is 0 Å². The molecule has 6 nitrogen and oxygen atoms in total. The average molecular weight is 193 g/mol. The molecule has 2 aromatic rings. The largest absolute Gasteiger partial charge is 0.304 e. The summed E-state index contributed by atoms with van der Waals surface area (Å²) in [7, 11) is 0. The van der Waals surface area contributed by atoms with Gasteiger partial charge in [0.05, 0.1) is 6.61 Å². The predicted molar refractivity (Wildman–Crippen MR) is 50.2 cm³/mol. The van der Waals surface area contributed by atoms with Crippen LogP contribution < -0.4 is 5.90 Å². The molecule has 0 saturated carbocycles. The van der Waals surface area contributed by atoms with Crippen LogP contribution in [0.5, 0.6) is 0 Å². The summed E-state index contributed by atoms with van der Waals surface area (Å²) in [6.45, 7) is 2.47. The second-order valence-corrected chi connectivity index (χ2v) is 3.17. The molecule has 0 aliphatic rings. The molecule has 2 rings (SSSR count). The van der Waals surface area contributed by atoms with Gasteiger partial charge >= 0.3 is 0 Å². The molecule has 2 aromatic heterocycles. The highest BCUT2D eigenvalue weighted by Crippen LogP contribution is 2.16. The van der Waals surface area contributed by atoms with Crippen LogP contribution in [0.4, 0.5) is 0 Å². The molecule has 0 amide bonds. The summed E-state index contributed by atoms with van der Waals surface area (Å²) < 4.78 is 0. The lowest BCUT2D eigenvalue weighted by Gasteiger charge is -2.08. The smallest absolute Gasteiger partial charge is 0.201 e. The third kappa shape index (κ3) is 1.57. The Kier molecular flexibility index (Phi) is 2.38. The van der Waals surface area contributed by atoms with Crippen LogP contribution in [0.25, 0.3) is 11.2 Å². The lowest BCUT2D eigenvalue weighted by molar-refractivity contribution is 0.126. The normalized spacial score (nSPS) is 13.3. The van der Waals surface area contributed by atoms with Crippen LogP contribution in [0.2, 0.25) is 0 Å². The molecule has 1 atom stereocenters. The first-order valence-corrected chi connectivity index (χ1v) is 4.29. The number of hydrogen-bond acceptors (Lipinski definition) is 5. The Balaban J connectivity index is 2.33. The van der Waals surface area contributed by atoms with Gasteiger partial charge in [-0.2, -0.15) is 10.3 Å². The lowest BCUT2D eigenvalue weighted by atomic mass is 10.0. The Morgan fingerprint density at radius 2 is 2.43 bits per heavy atom. The van der Waals surface area contributed by atoms with Crippen LogP contribution in [-0.2, 0) is 4.84 Å². The molecule has 0 radical (unpaired) electrons. The minimum absolute atomic E-state index is 0.202. The van der Waals surface area contributed by atoms with Gasteiger partial charge in [0.25, 0.3) is 0 Å². The van der Waals surface area contributed by atoms with Gasteiger partial charge in [0.2, 0.25) is 5.65 Å². The Bertz CT molecular complexity index is 426. The summed E-state index contributed by atoms with van der Waals surface area (Å²) in [5, 5.41) is 10.3. The van der Waals surface area contributed by atoms with Crippen LogP contribution in [0.15, 0.2) is 12.3 Å². The van der Waals surface area contributed by atoms with Gasteiger partial charge in [-0.15, -0.1) is 5.10 Å². The molecule has 1 unspecified atom stereocenters. The quantitative estimate of drug-likeness (QED) is 0.686. The first-order chi connectivity index (χ1) is 6.81. The molecule has 0 saturated heterocycles. The fourth-order valence-electron chi connectivity index (χ4n) is 1.27. The van der Waals surface area contributed by atoms with Crippen LogP contribution in [-0.4, -0.2) is 27.0 Å². The highest BCUT2D eigenvalue weighted by atomic mass is 16.6. The average Bonchev–Trinajstić information content (AvgIpc) is 2.64. The van der Waals surface area contributed by atoms with E-state index in [9.17, 15) is 0 Å². The third-order valence-electron chi connectivity index (χ3n) is 2.11. The molecule has 0 aromatic carbocycles. The summed E-state index contributed by atoms with van der Waals surface area (Å²) in [6.07, 6.45) is 1.76. The fraction of sp³-hybridized carbons (Fsp3) is 0.375. The second kappa shape index (κ2) is 3.69. The SMILES string of the molecule is CC(CON)c1cnc2n[nH]nc2c1. The molecule has 0 bridgehead atoms. The number of fused-ring (bicyclic) bond motifs is 1. The zero-order valence-corrected chi connectivity index (χ0v) is 7.77. The van der Waals surface area contributed by atoms with E-state index in [4.69, 9.17) is 5.90 Å². The number of nitrogens with one attached hydrogen (secondary N) is 1. The van der Waals surface area contributed by atoms with Crippen molar-refractivity contribution in [1.82, 2.24) is 20.4 Å². The van der Waals surface area contributed by atoms with E-state index in [1.807, 2.05) is 13.0 Å². The van der Waals surface area contributed by atoms with Gasteiger partial charge in [0.1, 0.15) is 5.52 Å². The minimum atomic E-state index is 0.202. The third-order valence-corrected chi connectivity index (χ3v) is 2.11. The van der Waals surface area contributed by atoms with E-state index in [1.54, 1.807) is 6.20 Å². The molecule has 14 heavy (non-hydrogen) atoms. The molecule has 0 aliphatic carbocycles. The second-order valence-electron chi connectivity index (χ2n) is 3.17. The topological polar surface area (TPSA) is 89.7 Å². The summed E-state index contributed by atoms with van der Waals surface area (Å²) >= 11 is 0. The molecule has 6 heteroatoms. The molecule has 2 heterocycles. The van der Waals surface area contributed by atoms with Crippen molar-refractivity contribution in [2.75, 3.05) is 6.61 Å². The van der Waals surface area contributed by atoms with Gasteiger partial charge in [-0.1, -0.05) is 6.92 Å². The van der Waals surface area contributed by atoms with Gasteiger partial charge < -0.3 is 4.84 Å². The molecule has 3 N–H and O–H groups in total. The lowest BCUT2D eigenvalue weighted by Crippen LogP contribution is -2.08. The standard InChI is InChI=1S/C8H11N5O/c1-5(4-14-9)6-2-7-8(10-3-6)12-13-11-7/h2-3,5H,4,9H2,1H3,(H,10,11,12,13). The Labute approximate surface area is 80.4 Å². The molecular weight excluding hydrogens is 182 g/mol. The molecular formula is C8H11N5O. The monoisotopic (exact) mass is 193 g/mol. The summed E-state index contributed by atoms with van der Waals surface area (Å²) in [6, 6.07) is 1.93. The zero-order chi connectivity index (χ0) is 9.97. The Morgan fingerprint density at radius 3 is 3.21 bits per heavy atom. The van der Waals surface area contributed by atoms with Crippen LogP contribution in [0, 0.1) is 0 Å². The first kappa shape index (κ1) is 9.04. The minimum Gasteiger partial charge on any atom is -0.304 e.